The highest BCUT2D eigenvalue weighted by Gasteiger charge is 1.98. The highest BCUT2D eigenvalue weighted by molar-refractivity contribution is 5.00. The van der Waals surface area contributed by atoms with Crippen molar-refractivity contribution in [2.45, 2.75) is 13.5 Å². The fourth-order valence-electron chi connectivity index (χ4n) is 0.850. The van der Waals surface area contributed by atoms with Crippen LogP contribution in [-0.2, 0) is 18.4 Å². The molecule has 0 aliphatic rings. The summed E-state index contributed by atoms with van der Waals surface area (Å²) < 4.78 is 6.90. The quantitative estimate of drug-likeness (QED) is 0.609. The van der Waals surface area contributed by atoms with Crippen LogP contribution in [0.2, 0.25) is 0 Å². The minimum atomic E-state index is 0.599. The van der Waals surface area contributed by atoms with Gasteiger partial charge in [-0.05, 0) is 6.92 Å². The van der Waals surface area contributed by atoms with Crippen molar-refractivity contribution in [3.8, 4) is 0 Å². The molecule has 0 N–H and O–H groups in total. The molecule has 0 amide bonds. The van der Waals surface area contributed by atoms with Crippen molar-refractivity contribution in [2.24, 2.45) is 7.05 Å². The molecule has 0 aromatic carbocycles. The van der Waals surface area contributed by atoms with Gasteiger partial charge in [-0.25, -0.2) is 4.98 Å². The van der Waals surface area contributed by atoms with Crippen molar-refractivity contribution in [1.29, 1.82) is 0 Å². The third-order valence-electron chi connectivity index (χ3n) is 1.45. The number of hydrogen-bond acceptors (Lipinski definition) is 2. The molecule has 3 heteroatoms. The van der Waals surface area contributed by atoms with Crippen LogP contribution in [0.25, 0.3) is 0 Å². The summed E-state index contributed by atoms with van der Waals surface area (Å²) in [6.45, 7) is 2.57. The minimum Gasteiger partial charge on any atom is -0.378 e. The lowest BCUT2D eigenvalue weighted by atomic mass is 10.5. The fraction of sp³-hybridized carbons (Fsp3) is 0.571. The van der Waals surface area contributed by atoms with Gasteiger partial charge in [0.1, 0.15) is 5.82 Å². The standard InChI is InChI=1S/C7H12N2O/c1-6-8-7(5-10-3)4-9(6)2/h4H,5H2,1-3H3. The number of aromatic nitrogens is 2. The summed E-state index contributed by atoms with van der Waals surface area (Å²) in [5, 5.41) is 0. The number of imidazole rings is 1. The van der Waals surface area contributed by atoms with Gasteiger partial charge in [-0.1, -0.05) is 0 Å². The number of rotatable bonds is 2. The zero-order chi connectivity index (χ0) is 7.56. The van der Waals surface area contributed by atoms with Crippen LogP contribution in [0.15, 0.2) is 6.20 Å². The molecule has 3 nitrogen and oxygen atoms in total. The maximum atomic E-state index is 4.92. The number of ether oxygens (including phenoxy) is 1. The highest BCUT2D eigenvalue weighted by Crippen LogP contribution is 1.99. The van der Waals surface area contributed by atoms with Crippen LogP contribution in [0, 0.1) is 6.92 Å². The SMILES string of the molecule is COCc1cn(C)c(C)n1. The molecule has 0 unspecified atom stereocenters. The van der Waals surface area contributed by atoms with E-state index in [9.17, 15) is 0 Å². The molecular formula is C7H12N2O. The van der Waals surface area contributed by atoms with Crippen molar-refractivity contribution in [3.63, 3.8) is 0 Å². The predicted molar refractivity (Wildman–Crippen MR) is 38.7 cm³/mol. The molecule has 10 heavy (non-hydrogen) atoms. The topological polar surface area (TPSA) is 27.1 Å². The Labute approximate surface area is 60.6 Å². The maximum Gasteiger partial charge on any atom is 0.105 e. The van der Waals surface area contributed by atoms with Crippen molar-refractivity contribution in [3.05, 3.63) is 17.7 Å². The van der Waals surface area contributed by atoms with Gasteiger partial charge in [0, 0.05) is 20.4 Å². The van der Waals surface area contributed by atoms with Gasteiger partial charge in [-0.15, -0.1) is 0 Å². The molecule has 0 fully saturated rings. The molecular weight excluding hydrogens is 128 g/mol. The Kier molecular flexibility index (Phi) is 2.06. The van der Waals surface area contributed by atoms with E-state index in [4.69, 9.17) is 4.74 Å². The summed E-state index contributed by atoms with van der Waals surface area (Å²) >= 11 is 0. The van der Waals surface area contributed by atoms with Crippen LogP contribution >= 0.6 is 0 Å². The molecule has 1 aromatic rings. The summed E-state index contributed by atoms with van der Waals surface area (Å²) in [6, 6.07) is 0. The lowest BCUT2D eigenvalue weighted by molar-refractivity contribution is 0.181. The van der Waals surface area contributed by atoms with E-state index in [2.05, 4.69) is 4.98 Å². The molecule has 0 radical (unpaired) electrons. The van der Waals surface area contributed by atoms with Gasteiger partial charge in [-0.3, -0.25) is 0 Å². The second-order valence-corrected chi connectivity index (χ2v) is 2.32. The van der Waals surface area contributed by atoms with Crippen LogP contribution in [0.1, 0.15) is 11.5 Å². The van der Waals surface area contributed by atoms with Crippen LogP contribution < -0.4 is 0 Å². The Morgan fingerprint density at radius 2 is 2.40 bits per heavy atom. The first-order valence-corrected chi connectivity index (χ1v) is 3.22. The largest absolute Gasteiger partial charge is 0.378 e. The molecule has 0 atom stereocenters. The average Bonchev–Trinajstić information content (AvgIpc) is 2.14. The van der Waals surface area contributed by atoms with E-state index in [1.54, 1.807) is 7.11 Å². The van der Waals surface area contributed by atoms with Crippen LogP contribution in [0.5, 0.6) is 0 Å². The van der Waals surface area contributed by atoms with Crippen LogP contribution in [-0.4, -0.2) is 16.7 Å². The number of aryl methyl sites for hydroxylation is 2. The Morgan fingerprint density at radius 1 is 1.70 bits per heavy atom. The molecule has 1 heterocycles. The summed E-state index contributed by atoms with van der Waals surface area (Å²) in [5.74, 6) is 1.02. The Balaban J connectivity index is 2.77. The first kappa shape index (κ1) is 7.28. The smallest absolute Gasteiger partial charge is 0.105 e. The van der Waals surface area contributed by atoms with Crippen molar-refractivity contribution < 1.29 is 4.74 Å². The molecule has 0 saturated carbocycles. The van der Waals surface area contributed by atoms with Gasteiger partial charge >= 0.3 is 0 Å². The monoisotopic (exact) mass is 140 g/mol. The first-order chi connectivity index (χ1) is 4.74. The van der Waals surface area contributed by atoms with Crippen molar-refractivity contribution in [2.75, 3.05) is 7.11 Å². The third-order valence-corrected chi connectivity index (χ3v) is 1.45. The summed E-state index contributed by atoms with van der Waals surface area (Å²) in [5.41, 5.74) is 0.988. The predicted octanol–water partition coefficient (Wildman–Crippen LogP) is 0.875. The van der Waals surface area contributed by atoms with Gasteiger partial charge < -0.3 is 9.30 Å². The molecule has 0 aliphatic heterocycles. The molecule has 0 spiro atoms. The molecule has 0 bridgehead atoms. The van der Waals surface area contributed by atoms with Gasteiger partial charge in [0.05, 0.1) is 12.3 Å². The number of methoxy groups -OCH3 is 1. The van der Waals surface area contributed by atoms with Gasteiger partial charge in [-0.2, -0.15) is 0 Å². The first-order valence-electron chi connectivity index (χ1n) is 3.22. The minimum absolute atomic E-state index is 0.599. The summed E-state index contributed by atoms with van der Waals surface area (Å²) in [4.78, 5) is 4.24. The normalized spacial score (nSPS) is 10.3. The van der Waals surface area contributed by atoms with Crippen molar-refractivity contribution in [1.82, 2.24) is 9.55 Å². The molecule has 56 valence electrons. The number of hydrogen-bond donors (Lipinski definition) is 0. The van der Waals surface area contributed by atoms with E-state index in [-0.39, 0.29) is 0 Å². The van der Waals surface area contributed by atoms with Gasteiger partial charge in [0.25, 0.3) is 0 Å². The van der Waals surface area contributed by atoms with Gasteiger partial charge in [0.2, 0.25) is 0 Å². The second-order valence-electron chi connectivity index (χ2n) is 2.32. The Hall–Kier alpha value is -0.830. The molecule has 0 saturated heterocycles. The van der Waals surface area contributed by atoms with Gasteiger partial charge in [0.15, 0.2) is 0 Å². The lowest BCUT2D eigenvalue weighted by Crippen LogP contribution is -1.86. The fourth-order valence-corrected chi connectivity index (χ4v) is 0.850. The van der Waals surface area contributed by atoms with E-state index in [1.165, 1.54) is 0 Å². The van der Waals surface area contributed by atoms with E-state index in [0.29, 0.717) is 6.61 Å². The van der Waals surface area contributed by atoms with E-state index in [1.807, 2.05) is 24.7 Å². The zero-order valence-electron chi connectivity index (χ0n) is 6.59. The zero-order valence-corrected chi connectivity index (χ0v) is 6.59. The summed E-state index contributed by atoms with van der Waals surface area (Å²) in [6.07, 6.45) is 1.97. The Bertz CT molecular complexity index is 198. The van der Waals surface area contributed by atoms with E-state index >= 15 is 0 Å². The van der Waals surface area contributed by atoms with Crippen LogP contribution in [0.3, 0.4) is 0 Å². The third kappa shape index (κ3) is 1.36. The van der Waals surface area contributed by atoms with Crippen LogP contribution in [0.4, 0.5) is 0 Å². The average molecular weight is 140 g/mol. The van der Waals surface area contributed by atoms with E-state index < -0.39 is 0 Å². The lowest BCUT2D eigenvalue weighted by Gasteiger charge is -1.89. The molecule has 1 aromatic heterocycles. The van der Waals surface area contributed by atoms with E-state index in [0.717, 1.165) is 11.5 Å². The highest BCUT2D eigenvalue weighted by atomic mass is 16.5. The van der Waals surface area contributed by atoms with Crippen molar-refractivity contribution >= 4 is 0 Å². The second kappa shape index (κ2) is 2.84. The maximum absolute atomic E-state index is 4.92. The number of nitrogens with zero attached hydrogens (tertiary/aromatic N) is 2. The summed E-state index contributed by atoms with van der Waals surface area (Å²) in [7, 11) is 3.64. The Morgan fingerprint density at radius 3 is 2.80 bits per heavy atom. The molecule has 1 rings (SSSR count). The molecule has 0 aliphatic carbocycles.